The molecule has 0 aliphatic heterocycles. The van der Waals surface area contributed by atoms with E-state index >= 15 is 0 Å². The fourth-order valence-electron chi connectivity index (χ4n) is 4.17. The second-order valence-corrected chi connectivity index (χ2v) is 9.74. The van der Waals surface area contributed by atoms with Crippen LogP contribution in [0.5, 0.6) is 0 Å². The van der Waals surface area contributed by atoms with Crippen LogP contribution in [0, 0.1) is 0 Å². The number of aromatic nitrogens is 3. The van der Waals surface area contributed by atoms with Crippen molar-refractivity contribution in [1.29, 1.82) is 0 Å². The summed E-state index contributed by atoms with van der Waals surface area (Å²) in [6.45, 7) is 2.13. The van der Waals surface area contributed by atoms with Gasteiger partial charge in [0.05, 0.1) is 11.1 Å². The molecule has 2 N–H and O–H groups in total. The quantitative estimate of drug-likeness (QED) is 0.466. The molecule has 4 rings (SSSR count). The predicted octanol–water partition coefficient (Wildman–Crippen LogP) is 4.75. The van der Waals surface area contributed by atoms with Gasteiger partial charge in [-0.3, -0.25) is 4.79 Å². The highest BCUT2D eigenvalue weighted by Gasteiger charge is 2.24. The van der Waals surface area contributed by atoms with Gasteiger partial charge in [-0.25, -0.2) is 9.97 Å². The molecule has 174 valence electrons. The summed E-state index contributed by atoms with van der Waals surface area (Å²) in [4.78, 5) is 28.8. The molecule has 33 heavy (non-hydrogen) atoms. The van der Waals surface area contributed by atoms with E-state index in [9.17, 15) is 4.79 Å². The molecule has 3 aromatic rings. The lowest BCUT2D eigenvalue weighted by Crippen LogP contribution is -2.40. The van der Waals surface area contributed by atoms with Crippen molar-refractivity contribution in [2.24, 2.45) is 0 Å². The summed E-state index contributed by atoms with van der Waals surface area (Å²) in [6.07, 6.45) is 6.58. The van der Waals surface area contributed by atoms with E-state index in [0.29, 0.717) is 17.6 Å². The number of thioether (sulfide) groups is 1. The van der Waals surface area contributed by atoms with Crippen LogP contribution >= 0.6 is 11.8 Å². The number of carbonyl (C=O) groups is 1. The maximum absolute atomic E-state index is 12.9. The normalized spacial score (nSPS) is 18.2. The molecule has 2 aromatic heterocycles. The van der Waals surface area contributed by atoms with Gasteiger partial charge in [-0.2, -0.15) is 4.98 Å². The van der Waals surface area contributed by atoms with Crippen molar-refractivity contribution in [3.05, 3.63) is 48.2 Å². The number of fused-ring (bicyclic) bond motifs is 1. The van der Waals surface area contributed by atoms with Gasteiger partial charge in [0.25, 0.3) is 5.91 Å². The summed E-state index contributed by atoms with van der Waals surface area (Å²) < 4.78 is 0. The van der Waals surface area contributed by atoms with Gasteiger partial charge < -0.3 is 15.5 Å². The maximum Gasteiger partial charge on any atom is 0.254 e. The van der Waals surface area contributed by atoms with Crippen molar-refractivity contribution in [1.82, 2.24) is 20.3 Å². The van der Waals surface area contributed by atoms with E-state index in [1.165, 1.54) is 0 Å². The van der Waals surface area contributed by atoms with Crippen LogP contribution in [-0.4, -0.2) is 52.8 Å². The Bertz CT molecular complexity index is 1100. The zero-order valence-corrected chi connectivity index (χ0v) is 20.4. The molecular formula is C25H32N6OS. The van der Waals surface area contributed by atoms with Gasteiger partial charge in [-0.15, -0.1) is 11.8 Å². The van der Waals surface area contributed by atoms with Crippen LogP contribution < -0.4 is 15.5 Å². The second kappa shape index (κ2) is 10.8. The van der Waals surface area contributed by atoms with E-state index < -0.39 is 0 Å². The number of carbonyl (C=O) groups excluding carboxylic acids is 1. The maximum atomic E-state index is 12.9. The average molecular weight is 465 g/mol. The summed E-state index contributed by atoms with van der Waals surface area (Å²) in [5.74, 6) is 2.52. The van der Waals surface area contributed by atoms with Crippen molar-refractivity contribution >= 4 is 40.3 Å². The SMILES string of the molecule is CCCSc1ncccc1C(=O)NC1CCC(Nc2nc(N(C)C)c3ccccc3n2)CC1. The van der Waals surface area contributed by atoms with Crippen molar-refractivity contribution in [2.45, 2.75) is 56.1 Å². The van der Waals surface area contributed by atoms with Gasteiger partial charge in [-0.1, -0.05) is 19.1 Å². The zero-order chi connectivity index (χ0) is 23.2. The molecule has 0 saturated heterocycles. The van der Waals surface area contributed by atoms with Crippen LogP contribution in [0.3, 0.4) is 0 Å². The van der Waals surface area contributed by atoms with Crippen molar-refractivity contribution < 1.29 is 4.79 Å². The summed E-state index contributed by atoms with van der Waals surface area (Å²) in [7, 11) is 4.00. The van der Waals surface area contributed by atoms with E-state index in [1.54, 1.807) is 18.0 Å². The zero-order valence-electron chi connectivity index (χ0n) is 19.5. The second-order valence-electron chi connectivity index (χ2n) is 8.65. The predicted molar refractivity (Wildman–Crippen MR) is 136 cm³/mol. The Balaban J connectivity index is 1.36. The average Bonchev–Trinajstić information content (AvgIpc) is 2.83. The van der Waals surface area contributed by atoms with E-state index in [-0.39, 0.29) is 11.9 Å². The number of hydrogen-bond donors (Lipinski definition) is 2. The molecule has 2 heterocycles. The van der Waals surface area contributed by atoms with Crippen molar-refractivity contribution in [3.8, 4) is 0 Å². The topological polar surface area (TPSA) is 83.0 Å². The standard InChI is InChI=1S/C25H32N6OS/c1-4-16-33-24-20(9-7-15-26-24)23(32)27-17-11-13-18(14-12-17)28-25-29-21-10-6-5-8-19(21)22(30-25)31(2)3/h5-10,15,17-18H,4,11-14,16H2,1-3H3,(H,27,32)(H,28,29,30). The molecule has 1 amide bonds. The first kappa shape index (κ1) is 23.3. The number of hydrogen-bond acceptors (Lipinski definition) is 7. The van der Waals surface area contributed by atoms with Crippen molar-refractivity contribution in [2.75, 3.05) is 30.1 Å². The van der Waals surface area contributed by atoms with Crippen molar-refractivity contribution in [3.63, 3.8) is 0 Å². The molecule has 0 radical (unpaired) electrons. The number of anilines is 2. The molecule has 7 nitrogen and oxygen atoms in total. The molecule has 0 atom stereocenters. The molecule has 1 aromatic carbocycles. The monoisotopic (exact) mass is 464 g/mol. The van der Waals surface area contributed by atoms with E-state index in [0.717, 1.165) is 59.6 Å². The smallest absolute Gasteiger partial charge is 0.254 e. The molecule has 1 fully saturated rings. The van der Waals surface area contributed by atoms with Gasteiger partial charge >= 0.3 is 0 Å². The summed E-state index contributed by atoms with van der Waals surface area (Å²) in [5.41, 5.74) is 1.62. The van der Waals surface area contributed by atoms with Gasteiger partial charge in [0.1, 0.15) is 10.8 Å². The van der Waals surface area contributed by atoms with Gasteiger partial charge in [0.15, 0.2) is 0 Å². The molecule has 1 aliphatic carbocycles. The molecule has 0 spiro atoms. The molecular weight excluding hydrogens is 432 g/mol. The Labute approximate surface area is 199 Å². The van der Waals surface area contributed by atoms with Gasteiger partial charge in [-0.05, 0) is 62.1 Å². The molecule has 1 aliphatic rings. The number of para-hydroxylation sites is 1. The minimum atomic E-state index is -0.0217. The summed E-state index contributed by atoms with van der Waals surface area (Å²) in [6, 6.07) is 12.3. The largest absolute Gasteiger partial charge is 0.362 e. The van der Waals surface area contributed by atoms with Crippen LogP contribution in [0.25, 0.3) is 10.9 Å². The minimum absolute atomic E-state index is 0.0217. The third-order valence-corrected chi connectivity index (χ3v) is 7.07. The number of rotatable bonds is 8. The highest BCUT2D eigenvalue weighted by Crippen LogP contribution is 2.27. The first-order valence-corrected chi connectivity index (χ1v) is 12.6. The van der Waals surface area contributed by atoms with Gasteiger partial charge in [0, 0.05) is 37.8 Å². The Morgan fingerprint density at radius 2 is 1.82 bits per heavy atom. The van der Waals surface area contributed by atoms with Crippen LogP contribution in [0.15, 0.2) is 47.6 Å². The van der Waals surface area contributed by atoms with Crippen LogP contribution in [-0.2, 0) is 0 Å². The van der Waals surface area contributed by atoms with Crippen LogP contribution in [0.4, 0.5) is 11.8 Å². The van der Waals surface area contributed by atoms with E-state index in [2.05, 4.69) is 28.6 Å². The Morgan fingerprint density at radius 3 is 2.58 bits per heavy atom. The molecule has 0 unspecified atom stereocenters. The first-order valence-electron chi connectivity index (χ1n) is 11.6. The fraction of sp³-hybridized carbons (Fsp3) is 0.440. The third-order valence-electron chi connectivity index (χ3n) is 5.86. The Morgan fingerprint density at radius 1 is 1.06 bits per heavy atom. The Hall–Kier alpha value is -2.87. The molecule has 0 bridgehead atoms. The van der Waals surface area contributed by atoms with Crippen LogP contribution in [0.1, 0.15) is 49.4 Å². The lowest BCUT2D eigenvalue weighted by atomic mass is 9.91. The first-order chi connectivity index (χ1) is 16.0. The summed E-state index contributed by atoms with van der Waals surface area (Å²) >= 11 is 1.64. The number of benzene rings is 1. The number of pyridine rings is 1. The molecule has 1 saturated carbocycles. The Kier molecular flexibility index (Phi) is 7.65. The van der Waals surface area contributed by atoms with Crippen LogP contribution in [0.2, 0.25) is 0 Å². The lowest BCUT2D eigenvalue weighted by molar-refractivity contribution is 0.0923. The highest BCUT2D eigenvalue weighted by molar-refractivity contribution is 7.99. The fourth-order valence-corrected chi connectivity index (χ4v) is 5.02. The van der Waals surface area contributed by atoms with Gasteiger partial charge in [0.2, 0.25) is 5.95 Å². The van der Waals surface area contributed by atoms with E-state index in [4.69, 9.17) is 9.97 Å². The number of nitrogens with one attached hydrogen (secondary N) is 2. The van der Waals surface area contributed by atoms with E-state index in [1.807, 2.05) is 49.3 Å². The molecule has 8 heteroatoms. The lowest BCUT2D eigenvalue weighted by Gasteiger charge is -2.30. The number of nitrogens with zero attached hydrogens (tertiary/aromatic N) is 4. The number of amides is 1. The summed E-state index contributed by atoms with van der Waals surface area (Å²) in [5, 5.41) is 8.62. The minimum Gasteiger partial charge on any atom is -0.362 e. The highest BCUT2D eigenvalue weighted by atomic mass is 32.2. The third kappa shape index (κ3) is 5.74.